The van der Waals surface area contributed by atoms with Crippen LogP contribution in [0.2, 0.25) is 0 Å². The summed E-state index contributed by atoms with van der Waals surface area (Å²) in [5.74, 6) is 0.585. The normalized spacial score (nSPS) is 23.8. The molecule has 3 nitrogen and oxygen atoms in total. The van der Waals surface area contributed by atoms with Crippen LogP contribution >= 0.6 is 0 Å². The molecule has 0 radical (unpaired) electrons. The largest absolute Gasteiger partial charge is 0.389 e. The lowest BCUT2D eigenvalue weighted by Gasteiger charge is -2.37. The van der Waals surface area contributed by atoms with Crippen LogP contribution in [0.25, 0.3) is 0 Å². The van der Waals surface area contributed by atoms with Gasteiger partial charge < -0.3 is 5.11 Å². The van der Waals surface area contributed by atoms with Crippen LogP contribution in [-0.4, -0.2) is 41.0 Å². The first kappa shape index (κ1) is 13.7. The van der Waals surface area contributed by atoms with E-state index < -0.39 is 5.60 Å². The van der Waals surface area contributed by atoms with Crippen LogP contribution in [0.3, 0.4) is 0 Å². The molecule has 1 rings (SSSR count). The number of ketones is 1. The first-order valence-corrected chi connectivity index (χ1v) is 6.52. The van der Waals surface area contributed by atoms with Gasteiger partial charge >= 0.3 is 0 Å². The van der Waals surface area contributed by atoms with Gasteiger partial charge in [-0.05, 0) is 19.3 Å². The highest BCUT2D eigenvalue weighted by Gasteiger charge is 2.31. The van der Waals surface area contributed by atoms with Crippen molar-refractivity contribution < 1.29 is 9.90 Å². The van der Waals surface area contributed by atoms with Gasteiger partial charge in [0.25, 0.3) is 0 Å². The molecule has 0 amide bonds. The minimum Gasteiger partial charge on any atom is -0.389 e. The Labute approximate surface area is 98.8 Å². The molecular formula is C13H25NO2. The van der Waals surface area contributed by atoms with Crippen molar-refractivity contribution in [1.82, 2.24) is 4.90 Å². The molecule has 0 spiro atoms. The summed E-state index contributed by atoms with van der Waals surface area (Å²) in [6, 6.07) is 0. The minimum atomic E-state index is -0.571. The molecule has 0 aromatic carbocycles. The van der Waals surface area contributed by atoms with Gasteiger partial charge in [-0.1, -0.05) is 20.8 Å². The van der Waals surface area contributed by atoms with E-state index in [4.69, 9.17) is 0 Å². The van der Waals surface area contributed by atoms with E-state index in [0.29, 0.717) is 18.7 Å². The Morgan fingerprint density at radius 3 is 2.50 bits per heavy atom. The molecule has 1 aliphatic heterocycles. The number of likely N-dealkylation sites (tertiary alicyclic amines) is 1. The number of carbonyl (C=O) groups excluding carboxylic acids is 1. The van der Waals surface area contributed by atoms with Crippen molar-refractivity contribution in [3.8, 4) is 0 Å². The second-order valence-corrected chi connectivity index (χ2v) is 4.99. The fraction of sp³-hybridized carbons (Fsp3) is 0.923. The van der Waals surface area contributed by atoms with Crippen molar-refractivity contribution in [2.45, 2.75) is 52.1 Å². The predicted molar refractivity (Wildman–Crippen MR) is 65.4 cm³/mol. The monoisotopic (exact) mass is 227 g/mol. The molecule has 1 aliphatic rings. The lowest BCUT2D eigenvalue weighted by Crippen LogP contribution is -2.48. The molecule has 94 valence electrons. The highest BCUT2D eigenvalue weighted by molar-refractivity contribution is 5.82. The lowest BCUT2D eigenvalue weighted by molar-refractivity contribution is -0.127. The van der Waals surface area contributed by atoms with Crippen molar-refractivity contribution in [3.05, 3.63) is 0 Å². The number of hydrogen-bond acceptors (Lipinski definition) is 3. The fourth-order valence-electron chi connectivity index (χ4n) is 2.37. The Hall–Kier alpha value is -0.410. The number of piperidine rings is 1. The van der Waals surface area contributed by atoms with E-state index in [1.54, 1.807) is 0 Å². The third kappa shape index (κ3) is 3.29. The van der Waals surface area contributed by atoms with Gasteiger partial charge in [-0.25, -0.2) is 0 Å². The molecular weight excluding hydrogens is 202 g/mol. The molecule has 1 N–H and O–H groups in total. The molecule has 1 fully saturated rings. The van der Waals surface area contributed by atoms with Crippen LogP contribution in [0.4, 0.5) is 0 Å². The Morgan fingerprint density at radius 1 is 1.38 bits per heavy atom. The average Bonchev–Trinajstić information content (AvgIpc) is 2.31. The van der Waals surface area contributed by atoms with E-state index in [1.165, 1.54) is 0 Å². The zero-order chi connectivity index (χ0) is 12.2. The number of aliphatic hydroxyl groups is 1. The van der Waals surface area contributed by atoms with Crippen molar-refractivity contribution in [2.75, 3.05) is 19.6 Å². The highest BCUT2D eigenvalue weighted by atomic mass is 16.3. The van der Waals surface area contributed by atoms with E-state index in [1.807, 2.05) is 13.8 Å². The van der Waals surface area contributed by atoms with Crippen molar-refractivity contribution >= 4 is 5.78 Å². The third-order valence-corrected chi connectivity index (χ3v) is 3.94. The van der Waals surface area contributed by atoms with E-state index in [9.17, 15) is 9.90 Å². The zero-order valence-electron chi connectivity index (χ0n) is 10.8. The van der Waals surface area contributed by atoms with Gasteiger partial charge in [-0.15, -0.1) is 0 Å². The predicted octanol–water partition coefficient (Wildman–Crippen LogP) is 1.84. The molecule has 0 aromatic heterocycles. The summed E-state index contributed by atoms with van der Waals surface area (Å²) >= 11 is 0. The number of Topliss-reactive ketones (excluding diaryl/α,β-unsaturated/α-hetero) is 1. The quantitative estimate of drug-likeness (QED) is 0.779. The SMILES string of the molecule is CCC1CN(CC(O)(CC)CC)CCC1=O. The van der Waals surface area contributed by atoms with Gasteiger partial charge in [0, 0.05) is 32.0 Å². The van der Waals surface area contributed by atoms with Gasteiger partial charge in [-0.2, -0.15) is 0 Å². The zero-order valence-corrected chi connectivity index (χ0v) is 10.8. The first-order chi connectivity index (χ1) is 7.54. The second-order valence-electron chi connectivity index (χ2n) is 4.99. The summed E-state index contributed by atoms with van der Waals surface area (Å²) in [5, 5.41) is 10.3. The van der Waals surface area contributed by atoms with E-state index in [0.717, 1.165) is 32.4 Å². The van der Waals surface area contributed by atoms with E-state index >= 15 is 0 Å². The van der Waals surface area contributed by atoms with Gasteiger partial charge in [0.05, 0.1) is 5.60 Å². The Kier molecular flexibility index (Phi) is 4.93. The maximum atomic E-state index is 11.6. The van der Waals surface area contributed by atoms with Gasteiger partial charge in [0.15, 0.2) is 0 Å². The molecule has 1 saturated heterocycles. The van der Waals surface area contributed by atoms with Crippen LogP contribution < -0.4 is 0 Å². The standard InChI is InChI=1S/C13H25NO2/c1-4-11-9-14(8-7-12(11)15)10-13(16,5-2)6-3/h11,16H,4-10H2,1-3H3. The van der Waals surface area contributed by atoms with Gasteiger partial charge in [-0.3, -0.25) is 9.69 Å². The first-order valence-electron chi connectivity index (χ1n) is 6.52. The molecule has 0 saturated carbocycles. The number of nitrogens with zero attached hydrogens (tertiary/aromatic N) is 1. The number of hydrogen-bond donors (Lipinski definition) is 1. The molecule has 0 aliphatic carbocycles. The molecule has 1 unspecified atom stereocenters. The fourth-order valence-corrected chi connectivity index (χ4v) is 2.37. The van der Waals surface area contributed by atoms with E-state index in [2.05, 4.69) is 11.8 Å². The average molecular weight is 227 g/mol. The summed E-state index contributed by atoms with van der Waals surface area (Å²) in [5.41, 5.74) is -0.571. The van der Waals surface area contributed by atoms with E-state index in [-0.39, 0.29) is 5.92 Å². The minimum absolute atomic E-state index is 0.187. The van der Waals surface area contributed by atoms with Crippen molar-refractivity contribution in [1.29, 1.82) is 0 Å². The highest BCUT2D eigenvalue weighted by Crippen LogP contribution is 2.21. The van der Waals surface area contributed by atoms with Crippen LogP contribution in [-0.2, 0) is 4.79 Å². The molecule has 1 atom stereocenters. The summed E-state index contributed by atoms with van der Waals surface area (Å²) in [6.07, 6.45) is 3.14. The lowest BCUT2D eigenvalue weighted by atomic mass is 9.91. The summed E-state index contributed by atoms with van der Waals surface area (Å²) in [6.45, 7) is 8.47. The maximum Gasteiger partial charge on any atom is 0.138 e. The topological polar surface area (TPSA) is 40.5 Å². The number of β-amino-alcohol motifs (C(OH)–C–C–N with tert-alkyl or cyclic N) is 1. The van der Waals surface area contributed by atoms with Gasteiger partial charge in [0.2, 0.25) is 0 Å². The molecule has 16 heavy (non-hydrogen) atoms. The Morgan fingerprint density at radius 2 is 2.00 bits per heavy atom. The van der Waals surface area contributed by atoms with Crippen LogP contribution in [0.1, 0.15) is 46.5 Å². The van der Waals surface area contributed by atoms with Gasteiger partial charge in [0.1, 0.15) is 5.78 Å². The molecule has 3 heteroatoms. The Balaban J connectivity index is 2.53. The van der Waals surface area contributed by atoms with Crippen molar-refractivity contribution in [3.63, 3.8) is 0 Å². The van der Waals surface area contributed by atoms with Crippen LogP contribution in [0.5, 0.6) is 0 Å². The van der Waals surface area contributed by atoms with Crippen molar-refractivity contribution in [2.24, 2.45) is 5.92 Å². The summed E-state index contributed by atoms with van der Waals surface area (Å²) in [4.78, 5) is 13.8. The summed E-state index contributed by atoms with van der Waals surface area (Å²) < 4.78 is 0. The third-order valence-electron chi connectivity index (χ3n) is 3.94. The number of rotatable bonds is 5. The Bertz CT molecular complexity index is 236. The smallest absolute Gasteiger partial charge is 0.138 e. The summed E-state index contributed by atoms with van der Waals surface area (Å²) in [7, 11) is 0. The number of carbonyl (C=O) groups is 1. The maximum absolute atomic E-state index is 11.6. The second kappa shape index (κ2) is 5.78. The molecule has 0 aromatic rings. The molecule has 1 heterocycles. The van der Waals surface area contributed by atoms with Crippen LogP contribution in [0, 0.1) is 5.92 Å². The van der Waals surface area contributed by atoms with Crippen LogP contribution in [0.15, 0.2) is 0 Å². The molecule has 0 bridgehead atoms.